The van der Waals surface area contributed by atoms with Crippen LogP contribution in [0.3, 0.4) is 0 Å². The highest BCUT2D eigenvalue weighted by atomic mass is 35.5. The van der Waals surface area contributed by atoms with E-state index in [2.05, 4.69) is 10.6 Å². The average molecular weight is 506 g/mol. The first-order valence-corrected chi connectivity index (χ1v) is 11.5. The van der Waals surface area contributed by atoms with E-state index in [4.69, 9.17) is 21.1 Å². The highest BCUT2D eigenvalue weighted by Crippen LogP contribution is 2.27. The zero-order valence-electron chi connectivity index (χ0n) is 19.7. The standard InChI is InChI=1S/C27H24ClN3O5/c1-35-19-7-5-6-18(15-19)31-16-22(20-8-3-4-9-21(20)27(31)34)26(33)29-13-12-25(32)30-17-10-11-24(36-2)23(28)14-17/h3-11,14-16H,12-13H2,1-2H3,(H,29,33)(H,30,32). The maximum absolute atomic E-state index is 13.2. The molecule has 36 heavy (non-hydrogen) atoms. The van der Waals surface area contributed by atoms with Crippen molar-refractivity contribution in [2.75, 3.05) is 26.1 Å². The molecule has 4 aromatic rings. The number of anilines is 1. The van der Waals surface area contributed by atoms with Crippen LogP contribution in [-0.4, -0.2) is 37.1 Å². The Bertz CT molecular complexity index is 1500. The molecule has 0 atom stereocenters. The van der Waals surface area contributed by atoms with E-state index in [-0.39, 0.29) is 24.4 Å². The first kappa shape index (κ1) is 24.8. The summed E-state index contributed by atoms with van der Waals surface area (Å²) in [5.74, 6) is 0.401. The number of aromatic nitrogens is 1. The second kappa shape index (κ2) is 11.0. The molecule has 0 aliphatic rings. The fraction of sp³-hybridized carbons (Fsp3) is 0.148. The number of ether oxygens (including phenoxy) is 2. The Kier molecular flexibility index (Phi) is 7.56. The van der Waals surface area contributed by atoms with Gasteiger partial charge in [0, 0.05) is 41.7 Å². The van der Waals surface area contributed by atoms with E-state index in [0.29, 0.717) is 44.2 Å². The van der Waals surface area contributed by atoms with Crippen LogP contribution < -0.4 is 25.7 Å². The van der Waals surface area contributed by atoms with Crippen molar-refractivity contribution in [1.82, 2.24) is 9.88 Å². The van der Waals surface area contributed by atoms with E-state index in [1.54, 1.807) is 73.8 Å². The summed E-state index contributed by atoms with van der Waals surface area (Å²) in [7, 11) is 3.05. The molecule has 1 aromatic heterocycles. The van der Waals surface area contributed by atoms with Gasteiger partial charge < -0.3 is 20.1 Å². The van der Waals surface area contributed by atoms with Gasteiger partial charge in [-0.2, -0.15) is 0 Å². The fourth-order valence-electron chi connectivity index (χ4n) is 3.78. The number of benzene rings is 3. The lowest BCUT2D eigenvalue weighted by atomic mass is 10.1. The lowest BCUT2D eigenvalue weighted by Gasteiger charge is -2.13. The van der Waals surface area contributed by atoms with Gasteiger partial charge in [-0.15, -0.1) is 0 Å². The van der Waals surface area contributed by atoms with Gasteiger partial charge in [0.25, 0.3) is 11.5 Å². The molecule has 184 valence electrons. The molecule has 2 amide bonds. The number of nitrogens with one attached hydrogen (secondary N) is 2. The molecule has 9 heteroatoms. The summed E-state index contributed by atoms with van der Waals surface area (Å²) in [4.78, 5) is 38.6. The molecule has 0 aliphatic carbocycles. The number of fused-ring (bicyclic) bond motifs is 1. The third kappa shape index (κ3) is 5.34. The normalized spacial score (nSPS) is 10.6. The Hall–Kier alpha value is -4.30. The minimum atomic E-state index is -0.400. The van der Waals surface area contributed by atoms with E-state index in [1.807, 2.05) is 0 Å². The van der Waals surface area contributed by atoms with Gasteiger partial charge in [0.05, 0.1) is 30.5 Å². The number of pyridine rings is 1. The molecular formula is C27H24ClN3O5. The smallest absolute Gasteiger partial charge is 0.262 e. The van der Waals surface area contributed by atoms with E-state index in [0.717, 1.165) is 0 Å². The third-order valence-electron chi connectivity index (χ3n) is 5.57. The molecule has 0 saturated carbocycles. The minimum Gasteiger partial charge on any atom is -0.497 e. The number of hydrogen-bond donors (Lipinski definition) is 2. The number of amides is 2. The summed E-state index contributed by atoms with van der Waals surface area (Å²) in [5.41, 5.74) is 1.15. The minimum absolute atomic E-state index is 0.0445. The second-order valence-corrected chi connectivity index (χ2v) is 8.28. The number of hydrogen-bond acceptors (Lipinski definition) is 5. The molecule has 0 bridgehead atoms. The van der Waals surface area contributed by atoms with Crippen LogP contribution in [-0.2, 0) is 4.79 Å². The number of nitrogens with zero attached hydrogens (tertiary/aromatic N) is 1. The quantitative estimate of drug-likeness (QED) is 0.369. The van der Waals surface area contributed by atoms with E-state index < -0.39 is 5.91 Å². The van der Waals surface area contributed by atoms with Crippen molar-refractivity contribution in [3.05, 3.63) is 93.9 Å². The molecule has 4 rings (SSSR count). The zero-order chi connectivity index (χ0) is 25.7. The van der Waals surface area contributed by atoms with Gasteiger partial charge in [-0.25, -0.2) is 0 Å². The molecule has 3 aromatic carbocycles. The van der Waals surface area contributed by atoms with Crippen LogP contribution in [0.2, 0.25) is 5.02 Å². The molecule has 0 fully saturated rings. The van der Waals surface area contributed by atoms with Crippen LogP contribution in [0, 0.1) is 0 Å². The Labute approximate surface area is 212 Å². The molecule has 0 aliphatic heterocycles. The molecule has 2 N–H and O–H groups in total. The molecule has 1 heterocycles. The lowest BCUT2D eigenvalue weighted by molar-refractivity contribution is -0.116. The van der Waals surface area contributed by atoms with Gasteiger partial charge in [-0.3, -0.25) is 19.0 Å². The highest BCUT2D eigenvalue weighted by molar-refractivity contribution is 6.32. The number of rotatable bonds is 8. The lowest BCUT2D eigenvalue weighted by Crippen LogP contribution is -2.29. The van der Waals surface area contributed by atoms with Crippen molar-refractivity contribution in [1.29, 1.82) is 0 Å². The van der Waals surface area contributed by atoms with Crippen molar-refractivity contribution in [3.63, 3.8) is 0 Å². The van der Waals surface area contributed by atoms with Crippen molar-refractivity contribution >= 4 is 39.9 Å². The topological polar surface area (TPSA) is 98.7 Å². The first-order valence-electron chi connectivity index (χ1n) is 11.1. The second-order valence-electron chi connectivity index (χ2n) is 7.87. The predicted octanol–water partition coefficient (Wildman–Crippen LogP) is 4.42. The molecule has 0 radical (unpaired) electrons. The van der Waals surface area contributed by atoms with Gasteiger partial charge in [0.15, 0.2) is 0 Å². The van der Waals surface area contributed by atoms with Crippen LogP contribution in [0.25, 0.3) is 16.5 Å². The summed E-state index contributed by atoms with van der Waals surface area (Å²) in [6.45, 7) is 0.0984. The molecule has 0 spiro atoms. The summed E-state index contributed by atoms with van der Waals surface area (Å²) in [5, 5.41) is 6.82. The van der Waals surface area contributed by atoms with Gasteiger partial charge in [-0.05, 0) is 36.4 Å². The number of methoxy groups -OCH3 is 2. The van der Waals surface area contributed by atoms with Crippen LogP contribution >= 0.6 is 11.6 Å². The summed E-state index contributed by atoms with van der Waals surface area (Å²) >= 11 is 6.09. The summed E-state index contributed by atoms with van der Waals surface area (Å²) in [6, 6.07) is 18.9. The van der Waals surface area contributed by atoms with Crippen molar-refractivity contribution in [3.8, 4) is 17.2 Å². The molecule has 0 saturated heterocycles. The Balaban J connectivity index is 1.52. The van der Waals surface area contributed by atoms with Crippen molar-refractivity contribution in [2.45, 2.75) is 6.42 Å². The first-order chi connectivity index (χ1) is 17.4. The van der Waals surface area contributed by atoms with Crippen LogP contribution in [0.1, 0.15) is 16.8 Å². The SMILES string of the molecule is COc1cccc(-n2cc(C(=O)NCCC(=O)Nc3ccc(OC)c(Cl)c3)c3ccccc3c2=O)c1. The maximum Gasteiger partial charge on any atom is 0.262 e. The van der Waals surface area contributed by atoms with Crippen LogP contribution in [0.15, 0.2) is 77.7 Å². The predicted molar refractivity (Wildman–Crippen MR) is 140 cm³/mol. The number of carbonyl (C=O) groups is 2. The number of halogens is 1. The maximum atomic E-state index is 13.2. The number of carbonyl (C=O) groups excluding carboxylic acids is 2. The van der Waals surface area contributed by atoms with Gasteiger partial charge >= 0.3 is 0 Å². The van der Waals surface area contributed by atoms with E-state index >= 15 is 0 Å². The largest absolute Gasteiger partial charge is 0.497 e. The fourth-order valence-corrected chi connectivity index (χ4v) is 4.03. The summed E-state index contributed by atoms with van der Waals surface area (Å²) in [6.07, 6.45) is 1.55. The monoisotopic (exact) mass is 505 g/mol. The Morgan fingerprint density at radius 2 is 1.72 bits per heavy atom. The summed E-state index contributed by atoms with van der Waals surface area (Å²) < 4.78 is 11.8. The highest BCUT2D eigenvalue weighted by Gasteiger charge is 2.16. The van der Waals surface area contributed by atoms with E-state index in [1.165, 1.54) is 17.9 Å². The van der Waals surface area contributed by atoms with Crippen molar-refractivity contribution < 1.29 is 19.1 Å². The van der Waals surface area contributed by atoms with Crippen molar-refractivity contribution in [2.24, 2.45) is 0 Å². The van der Waals surface area contributed by atoms with Crippen LogP contribution in [0.4, 0.5) is 5.69 Å². The molecule has 0 unspecified atom stereocenters. The third-order valence-corrected chi connectivity index (χ3v) is 5.87. The average Bonchev–Trinajstić information content (AvgIpc) is 2.89. The Morgan fingerprint density at radius 1 is 0.944 bits per heavy atom. The molecule has 8 nitrogen and oxygen atoms in total. The van der Waals surface area contributed by atoms with Gasteiger partial charge in [-0.1, -0.05) is 35.9 Å². The van der Waals surface area contributed by atoms with Gasteiger partial charge in [0.1, 0.15) is 11.5 Å². The molecular weight excluding hydrogens is 482 g/mol. The zero-order valence-corrected chi connectivity index (χ0v) is 20.5. The van der Waals surface area contributed by atoms with Crippen LogP contribution in [0.5, 0.6) is 11.5 Å². The Morgan fingerprint density at radius 3 is 2.44 bits per heavy atom. The van der Waals surface area contributed by atoms with Gasteiger partial charge in [0.2, 0.25) is 5.91 Å². The van der Waals surface area contributed by atoms with E-state index in [9.17, 15) is 14.4 Å².